The van der Waals surface area contributed by atoms with Crippen LogP contribution in [0, 0.1) is 0 Å². The molecule has 0 aliphatic rings. The van der Waals surface area contributed by atoms with Gasteiger partial charge in [0.25, 0.3) is 5.56 Å². The fraction of sp³-hybridized carbons (Fsp3) is 0.208. The predicted octanol–water partition coefficient (Wildman–Crippen LogP) is 4.78. The van der Waals surface area contributed by atoms with Crippen LogP contribution in [0.25, 0.3) is 21.3 Å². The van der Waals surface area contributed by atoms with Crippen molar-refractivity contribution < 1.29 is 4.79 Å². The van der Waals surface area contributed by atoms with Gasteiger partial charge in [-0.3, -0.25) is 14.2 Å². The maximum Gasteiger partial charge on any atom is 0.263 e. The number of hydrogen-bond donors (Lipinski definition) is 1. The lowest BCUT2D eigenvalue weighted by molar-refractivity contribution is -0.122. The number of thiophene rings is 1. The standard InChI is InChI=1S/C24H23N3O2S/c1-2-9-20(18-12-7-4-8-13-18)26-21(28)14-27-16-25-23-22(24(27)29)19(15-30-23)17-10-5-3-6-11-17/h3-8,10-13,15-16,20H,2,9,14H2,1H3,(H,26,28)/t20-/m0/s1. The second-order valence-electron chi connectivity index (χ2n) is 7.19. The lowest BCUT2D eigenvalue weighted by Crippen LogP contribution is -2.34. The van der Waals surface area contributed by atoms with Crippen LogP contribution in [0.2, 0.25) is 0 Å². The van der Waals surface area contributed by atoms with Gasteiger partial charge in [-0.25, -0.2) is 4.98 Å². The molecule has 1 amide bonds. The van der Waals surface area contributed by atoms with Crippen LogP contribution in [0.15, 0.2) is 77.2 Å². The second kappa shape index (κ2) is 9.05. The molecule has 4 aromatic rings. The van der Waals surface area contributed by atoms with Crippen LogP contribution in [-0.4, -0.2) is 15.5 Å². The number of carbonyl (C=O) groups excluding carboxylic acids is 1. The number of nitrogens with zero attached hydrogens (tertiary/aromatic N) is 2. The average Bonchev–Trinajstić information content (AvgIpc) is 3.22. The van der Waals surface area contributed by atoms with Gasteiger partial charge in [-0.1, -0.05) is 74.0 Å². The van der Waals surface area contributed by atoms with Crippen molar-refractivity contribution in [2.24, 2.45) is 0 Å². The van der Waals surface area contributed by atoms with E-state index in [-0.39, 0.29) is 24.1 Å². The highest BCUT2D eigenvalue weighted by Gasteiger charge is 2.17. The maximum atomic E-state index is 13.2. The first-order valence-electron chi connectivity index (χ1n) is 10.0. The summed E-state index contributed by atoms with van der Waals surface area (Å²) in [6.45, 7) is 2.03. The van der Waals surface area contributed by atoms with Gasteiger partial charge in [-0.15, -0.1) is 11.3 Å². The molecule has 5 nitrogen and oxygen atoms in total. The molecule has 4 rings (SSSR count). The van der Waals surface area contributed by atoms with E-state index in [4.69, 9.17) is 0 Å². The Morgan fingerprint density at radius 2 is 1.80 bits per heavy atom. The van der Waals surface area contributed by atoms with E-state index < -0.39 is 0 Å². The van der Waals surface area contributed by atoms with Gasteiger partial charge in [0.05, 0.1) is 17.8 Å². The molecular weight excluding hydrogens is 394 g/mol. The SMILES string of the molecule is CCC[C@H](NC(=O)Cn1cnc2scc(-c3ccccc3)c2c1=O)c1ccccc1. The Hall–Kier alpha value is -3.25. The van der Waals surface area contributed by atoms with Crippen LogP contribution in [0.5, 0.6) is 0 Å². The van der Waals surface area contributed by atoms with Crippen LogP contribution in [0.1, 0.15) is 31.4 Å². The summed E-state index contributed by atoms with van der Waals surface area (Å²) < 4.78 is 1.39. The third kappa shape index (κ3) is 4.19. The zero-order valence-corrected chi connectivity index (χ0v) is 17.6. The summed E-state index contributed by atoms with van der Waals surface area (Å²) in [6.07, 6.45) is 3.25. The van der Waals surface area contributed by atoms with Gasteiger partial charge in [-0.05, 0) is 17.5 Å². The fourth-order valence-corrected chi connectivity index (χ4v) is 4.51. The first kappa shape index (κ1) is 20.0. The molecule has 0 bridgehead atoms. The van der Waals surface area contributed by atoms with E-state index in [1.165, 1.54) is 22.2 Å². The van der Waals surface area contributed by atoms with Crippen LogP contribution in [0.3, 0.4) is 0 Å². The molecule has 0 saturated carbocycles. The van der Waals surface area contributed by atoms with Gasteiger partial charge < -0.3 is 5.32 Å². The minimum absolute atomic E-state index is 0.0566. The minimum Gasteiger partial charge on any atom is -0.348 e. The molecule has 0 aliphatic heterocycles. The molecule has 0 unspecified atom stereocenters. The Morgan fingerprint density at radius 3 is 2.50 bits per heavy atom. The molecule has 0 fully saturated rings. The summed E-state index contributed by atoms with van der Waals surface area (Å²) in [7, 11) is 0. The molecule has 2 aromatic carbocycles. The van der Waals surface area contributed by atoms with Crippen LogP contribution in [0.4, 0.5) is 0 Å². The van der Waals surface area contributed by atoms with Crippen molar-refractivity contribution in [1.82, 2.24) is 14.9 Å². The summed E-state index contributed by atoms with van der Waals surface area (Å²) in [4.78, 5) is 31.0. The highest BCUT2D eigenvalue weighted by atomic mass is 32.1. The number of benzene rings is 2. The average molecular weight is 418 g/mol. The smallest absolute Gasteiger partial charge is 0.263 e. The molecule has 30 heavy (non-hydrogen) atoms. The Labute approximate surface area is 179 Å². The Bertz CT molecular complexity index is 1200. The van der Waals surface area contributed by atoms with Gasteiger partial charge in [0.15, 0.2) is 0 Å². The topological polar surface area (TPSA) is 64.0 Å². The second-order valence-corrected chi connectivity index (χ2v) is 8.05. The predicted molar refractivity (Wildman–Crippen MR) is 122 cm³/mol. The number of aromatic nitrogens is 2. The quantitative estimate of drug-likeness (QED) is 0.471. The lowest BCUT2D eigenvalue weighted by Gasteiger charge is -2.19. The van der Waals surface area contributed by atoms with E-state index >= 15 is 0 Å². The Balaban J connectivity index is 1.60. The molecule has 152 valence electrons. The number of nitrogens with one attached hydrogen (secondary N) is 1. The molecule has 1 atom stereocenters. The normalized spacial score (nSPS) is 12.0. The van der Waals surface area contributed by atoms with Gasteiger partial charge in [0.2, 0.25) is 5.91 Å². The lowest BCUT2D eigenvalue weighted by atomic mass is 10.0. The summed E-state index contributed by atoms with van der Waals surface area (Å²) >= 11 is 1.44. The van der Waals surface area contributed by atoms with Gasteiger partial charge >= 0.3 is 0 Å². The van der Waals surface area contributed by atoms with Gasteiger partial charge in [0.1, 0.15) is 11.4 Å². The third-order valence-corrected chi connectivity index (χ3v) is 5.96. The highest BCUT2D eigenvalue weighted by molar-refractivity contribution is 7.17. The first-order chi connectivity index (χ1) is 14.7. The summed E-state index contributed by atoms with van der Waals surface area (Å²) in [5, 5.41) is 5.59. The van der Waals surface area contributed by atoms with E-state index in [1.807, 2.05) is 66.0 Å². The van der Waals surface area contributed by atoms with Crippen molar-refractivity contribution in [2.45, 2.75) is 32.4 Å². The van der Waals surface area contributed by atoms with E-state index in [0.29, 0.717) is 10.2 Å². The number of hydrogen-bond acceptors (Lipinski definition) is 4. The van der Waals surface area contributed by atoms with E-state index in [0.717, 1.165) is 29.5 Å². The largest absolute Gasteiger partial charge is 0.348 e. The zero-order chi connectivity index (χ0) is 20.9. The molecule has 0 radical (unpaired) electrons. The highest BCUT2D eigenvalue weighted by Crippen LogP contribution is 2.30. The monoisotopic (exact) mass is 417 g/mol. The maximum absolute atomic E-state index is 13.2. The molecule has 0 saturated heterocycles. The summed E-state index contributed by atoms with van der Waals surface area (Å²) in [5.41, 5.74) is 2.70. The molecule has 6 heteroatoms. The van der Waals surface area contributed by atoms with E-state index in [9.17, 15) is 9.59 Å². The van der Waals surface area contributed by atoms with Crippen LogP contribution in [-0.2, 0) is 11.3 Å². The molecule has 0 aliphatic carbocycles. The number of fused-ring (bicyclic) bond motifs is 1. The first-order valence-corrected chi connectivity index (χ1v) is 10.9. The van der Waals surface area contributed by atoms with Crippen molar-refractivity contribution >= 4 is 27.5 Å². The van der Waals surface area contributed by atoms with E-state index in [1.54, 1.807) is 0 Å². The van der Waals surface area contributed by atoms with Gasteiger partial charge in [-0.2, -0.15) is 0 Å². The molecule has 0 spiro atoms. The molecule has 1 N–H and O–H groups in total. The Morgan fingerprint density at radius 1 is 1.10 bits per heavy atom. The number of carbonyl (C=O) groups is 1. The molecular formula is C24H23N3O2S. The van der Waals surface area contributed by atoms with Gasteiger partial charge in [0, 0.05) is 10.9 Å². The summed E-state index contributed by atoms with van der Waals surface area (Å²) in [6, 6.07) is 19.6. The van der Waals surface area contributed by atoms with E-state index in [2.05, 4.69) is 17.2 Å². The van der Waals surface area contributed by atoms with Crippen molar-refractivity contribution in [3.05, 3.63) is 88.3 Å². The number of rotatable bonds is 7. The minimum atomic E-state index is -0.197. The fourth-order valence-electron chi connectivity index (χ4n) is 3.60. The van der Waals surface area contributed by atoms with Crippen molar-refractivity contribution in [3.63, 3.8) is 0 Å². The number of amides is 1. The Kier molecular flexibility index (Phi) is 6.05. The molecule has 2 heterocycles. The zero-order valence-electron chi connectivity index (χ0n) is 16.7. The van der Waals surface area contributed by atoms with Crippen molar-refractivity contribution in [1.29, 1.82) is 0 Å². The molecule has 2 aromatic heterocycles. The van der Waals surface area contributed by atoms with Crippen LogP contribution >= 0.6 is 11.3 Å². The third-order valence-electron chi connectivity index (χ3n) is 5.07. The summed E-state index contributed by atoms with van der Waals surface area (Å²) in [5.74, 6) is -0.197. The van der Waals surface area contributed by atoms with Crippen molar-refractivity contribution in [2.75, 3.05) is 0 Å². The van der Waals surface area contributed by atoms with Crippen molar-refractivity contribution in [3.8, 4) is 11.1 Å². The van der Waals surface area contributed by atoms with Crippen LogP contribution < -0.4 is 10.9 Å².